The molecule has 2 aromatic rings. The Morgan fingerprint density at radius 1 is 1.06 bits per heavy atom. The molecule has 0 atom stereocenters. The van der Waals surface area contributed by atoms with Crippen LogP contribution < -0.4 is 5.32 Å². The van der Waals surface area contributed by atoms with Crippen LogP contribution in [-0.2, 0) is 0 Å². The molecule has 0 aliphatic carbocycles. The van der Waals surface area contributed by atoms with Crippen LogP contribution in [0.3, 0.4) is 0 Å². The Balaban J connectivity index is 2.25. The molecule has 0 saturated heterocycles. The zero-order valence-electron chi connectivity index (χ0n) is 9.06. The molecule has 0 unspecified atom stereocenters. The minimum absolute atomic E-state index is 0.129. The number of hydrogen-bond acceptors (Lipinski definition) is 3. The number of nitro benzene ring substituents is 1. The molecule has 0 saturated carbocycles. The molecule has 0 aromatic heterocycles. The van der Waals surface area contributed by atoms with Crippen LogP contribution in [0.5, 0.6) is 0 Å². The minimum atomic E-state index is -0.378. The molecule has 0 heterocycles. The second-order valence-corrected chi connectivity index (χ2v) is 5.97. The van der Waals surface area contributed by atoms with E-state index in [-0.39, 0.29) is 10.6 Å². The maximum absolute atomic E-state index is 10.7. The molecule has 92 valence electrons. The molecular formula is C12H8I2N2O2. The number of nitrogens with one attached hydrogen (secondary N) is 1. The van der Waals surface area contributed by atoms with Crippen molar-refractivity contribution in [2.75, 3.05) is 5.32 Å². The summed E-state index contributed by atoms with van der Waals surface area (Å²) in [6.45, 7) is 0. The van der Waals surface area contributed by atoms with Crippen LogP contribution in [0.25, 0.3) is 0 Å². The number of anilines is 2. The van der Waals surface area contributed by atoms with Gasteiger partial charge in [0.1, 0.15) is 0 Å². The molecule has 1 N–H and O–H groups in total. The van der Waals surface area contributed by atoms with E-state index >= 15 is 0 Å². The Kier molecular flexibility index (Phi) is 4.38. The first kappa shape index (κ1) is 13.5. The van der Waals surface area contributed by atoms with Gasteiger partial charge in [-0.1, -0.05) is 6.07 Å². The highest BCUT2D eigenvalue weighted by molar-refractivity contribution is 14.1. The third-order valence-electron chi connectivity index (χ3n) is 2.26. The van der Waals surface area contributed by atoms with Gasteiger partial charge < -0.3 is 5.32 Å². The summed E-state index contributed by atoms with van der Waals surface area (Å²) in [5.74, 6) is 0. The van der Waals surface area contributed by atoms with E-state index in [1.807, 2.05) is 46.9 Å². The van der Waals surface area contributed by atoms with Gasteiger partial charge in [-0.25, -0.2) is 0 Å². The first-order chi connectivity index (χ1) is 8.56. The molecule has 0 bridgehead atoms. The molecule has 0 spiro atoms. The van der Waals surface area contributed by atoms with Crippen molar-refractivity contribution in [2.45, 2.75) is 0 Å². The average Bonchev–Trinajstić information content (AvgIpc) is 2.28. The minimum Gasteiger partial charge on any atom is -0.355 e. The Morgan fingerprint density at radius 2 is 1.78 bits per heavy atom. The number of benzene rings is 2. The highest BCUT2D eigenvalue weighted by Gasteiger charge is 2.11. The lowest BCUT2D eigenvalue weighted by Crippen LogP contribution is -1.95. The molecular weight excluding hydrogens is 458 g/mol. The molecule has 2 rings (SSSR count). The molecule has 0 amide bonds. The van der Waals surface area contributed by atoms with E-state index in [1.165, 1.54) is 6.07 Å². The topological polar surface area (TPSA) is 55.2 Å². The summed E-state index contributed by atoms with van der Waals surface area (Å²) >= 11 is 4.21. The van der Waals surface area contributed by atoms with Gasteiger partial charge in [0.25, 0.3) is 5.69 Å². The summed E-state index contributed by atoms with van der Waals surface area (Å²) in [7, 11) is 0. The van der Waals surface area contributed by atoms with Crippen molar-refractivity contribution in [1.82, 2.24) is 0 Å². The van der Waals surface area contributed by atoms with Crippen LogP contribution in [0.15, 0.2) is 42.5 Å². The summed E-state index contributed by atoms with van der Waals surface area (Å²) < 4.78 is 1.75. The highest BCUT2D eigenvalue weighted by atomic mass is 127. The molecule has 0 radical (unpaired) electrons. The molecule has 0 aliphatic rings. The first-order valence-corrected chi connectivity index (χ1v) is 7.18. The quantitative estimate of drug-likeness (QED) is 0.411. The van der Waals surface area contributed by atoms with Crippen molar-refractivity contribution >= 4 is 62.2 Å². The van der Waals surface area contributed by atoms with Crippen LogP contribution in [0.1, 0.15) is 0 Å². The third-order valence-corrected chi connectivity index (χ3v) is 3.79. The standard InChI is InChI=1S/C12H8I2N2O2/c13-8-2-1-3-9(6-8)15-10-4-5-12(16(17)18)11(14)7-10/h1-7,15H. The van der Waals surface area contributed by atoms with Gasteiger partial charge in [0.05, 0.1) is 8.49 Å². The highest BCUT2D eigenvalue weighted by Crippen LogP contribution is 2.26. The van der Waals surface area contributed by atoms with Gasteiger partial charge in [-0.15, -0.1) is 0 Å². The Morgan fingerprint density at radius 3 is 2.39 bits per heavy atom. The number of nitrogens with zero attached hydrogens (tertiary/aromatic N) is 1. The van der Waals surface area contributed by atoms with Crippen LogP contribution in [0.2, 0.25) is 0 Å². The smallest absolute Gasteiger partial charge is 0.282 e. The Labute approximate surface area is 131 Å². The Hall–Kier alpha value is -0.900. The number of nitro groups is 1. The van der Waals surface area contributed by atoms with Crippen LogP contribution in [0, 0.1) is 17.3 Å². The van der Waals surface area contributed by atoms with Gasteiger partial charge in [0, 0.05) is 21.0 Å². The first-order valence-electron chi connectivity index (χ1n) is 5.03. The third kappa shape index (κ3) is 3.31. The summed E-state index contributed by atoms with van der Waals surface area (Å²) in [5.41, 5.74) is 1.93. The van der Waals surface area contributed by atoms with E-state index < -0.39 is 0 Å². The molecule has 6 heteroatoms. The van der Waals surface area contributed by atoms with Crippen LogP contribution in [-0.4, -0.2) is 4.92 Å². The summed E-state index contributed by atoms with van der Waals surface area (Å²) in [6.07, 6.45) is 0. The van der Waals surface area contributed by atoms with Crippen LogP contribution >= 0.6 is 45.2 Å². The summed E-state index contributed by atoms with van der Waals surface area (Å²) in [6, 6.07) is 12.9. The molecule has 4 nitrogen and oxygen atoms in total. The fourth-order valence-corrected chi connectivity index (χ4v) is 2.72. The largest absolute Gasteiger partial charge is 0.355 e. The fraction of sp³-hybridized carbons (Fsp3) is 0. The number of hydrogen-bond donors (Lipinski definition) is 1. The molecule has 18 heavy (non-hydrogen) atoms. The normalized spacial score (nSPS) is 10.1. The predicted molar refractivity (Wildman–Crippen MR) is 88.3 cm³/mol. The lowest BCUT2D eigenvalue weighted by molar-refractivity contribution is -0.385. The fourth-order valence-electron chi connectivity index (χ4n) is 1.47. The zero-order valence-corrected chi connectivity index (χ0v) is 13.4. The lowest BCUT2D eigenvalue weighted by Gasteiger charge is -2.07. The SMILES string of the molecule is O=[N+]([O-])c1ccc(Nc2cccc(I)c2)cc1I. The monoisotopic (exact) mass is 466 g/mol. The van der Waals surface area contributed by atoms with E-state index in [0.29, 0.717) is 3.57 Å². The number of halogens is 2. The lowest BCUT2D eigenvalue weighted by atomic mass is 10.2. The van der Waals surface area contributed by atoms with Gasteiger partial charge in [0.2, 0.25) is 0 Å². The van der Waals surface area contributed by atoms with Gasteiger partial charge >= 0.3 is 0 Å². The van der Waals surface area contributed by atoms with Gasteiger partial charge in [0.15, 0.2) is 0 Å². The van der Waals surface area contributed by atoms with E-state index in [9.17, 15) is 10.1 Å². The van der Waals surface area contributed by atoms with Crippen molar-refractivity contribution in [2.24, 2.45) is 0 Å². The van der Waals surface area contributed by atoms with Crippen LogP contribution in [0.4, 0.5) is 17.1 Å². The average molecular weight is 466 g/mol. The second-order valence-electron chi connectivity index (χ2n) is 3.56. The van der Waals surface area contributed by atoms with Gasteiger partial charge in [-0.05, 0) is 75.5 Å². The van der Waals surface area contributed by atoms with E-state index in [4.69, 9.17) is 0 Å². The maximum atomic E-state index is 10.7. The van der Waals surface area contributed by atoms with Crippen molar-refractivity contribution < 1.29 is 4.92 Å². The van der Waals surface area contributed by atoms with E-state index in [1.54, 1.807) is 12.1 Å². The van der Waals surface area contributed by atoms with E-state index in [2.05, 4.69) is 27.9 Å². The summed E-state index contributed by atoms with van der Waals surface area (Å²) in [5, 5.41) is 13.9. The second kappa shape index (κ2) is 5.83. The molecule has 0 aliphatic heterocycles. The number of rotatable bonds is 3. The summed E-state index contributed by atoms with van der Waals surface area (Å²) in [4.78, 5) is 10.3. The van der Waals surface area contributed by atoms with E-state index in [0.717, 1.165) is 14.9 Å². The van der Waals surface area contributed by atoms with Crippen molar-refractivity contribution in [1.29, 1.82) is 0 Å². The van der Waals surface area contributed by atoms with Crippen molar-refractivity contribution in [3.63, 3.8) is 0 Å². The van der Waals surface area contributed by atoms with Crippen molar-refractivity contribution in [3.8, 4) is 0 Å². The van der Waals surface area contributed by atoms with Gasteiger partial charge in [-0.2, -0.15) is 0 Å². The molecule has 2 aromatic carbocycles. The maximum Gasteiger partial charge on any atom is 0.282 e. The predicted octanol–water partition coefficient (Wildman–Crippen LogP) is 4.55. The van der Waals surface area contributed by atoms with Gasteiger partial charge in [-0.3, -0.25) is 10.1 Å². The Bertz CT molecular complexity index is 602. The van der Waals surface area contributed by atoms with Crippen molar-refractivity contribution in [3.05, 3.63) is 59.7 Å². The zero-order chi connectivity index (χ0) is 13.1. The molecule has 0 fully saturated rings.